The molecule has 1 heterocycles. The Labute approximate surface area is 104 Å². The van der Waals surface area contributed by atoms with Crippen molar-refractivity contribution < 1.29 is 5.11 Å². The largest absolute Gasteiger partial charge is 0.396 e. The molecular weight excluding hydrogens is 232 g/mol. The molecule has 18 heavy (non-hydrogen) atoms. The average Bonchev–Trinajstić information content (AvgIpc) is 2.33. The summed E-state index contributed by atoms with van der Waals surface area (Å²) in [5.74, 6) is 0. The van der Waals surface area contributed by atoms with Crippen LogP contribution >= 0.6 is 0 Å². The van der Waals surface area contributed by atoms with Gasteiger partial charge in [-0.25, -0.2) is 0 Å². The van der Waals surface area contributed by atoms with Gasteiger partial charge in [0.05, 0.1) is 11.0 Å². The summed E-state index contributed by atoms with van der Waals surface area (Å²) in [5, 5.41) is 8.86. The quantitative estimate of drug-likeness (QED) is 0.785. The molecule has 0 saturated carbocycles. The highest BCUT2D eigenvalue weighted by molar-refractivity contribution is 5.76. The van der Waals surface area contributed by atoms with E-state index in [-0.39, 0.29) is 6.61 Å². The van der Waals surface area contributed by atoms with Crippen LogP contribution in [0.25, 0.3) is 11.0 Å². The van der Waals surface area contributed by atoms with E-state index in [9.17, 15) is 9.59 Å². The minimum atomic E-state index is -0.622. The Kier molecular flexibility index (Phi) is 3.34. The summed E-state index contributed by atoms with van der Waals surface area (Å²) in [6.07, 6.45) is 0.450. The molecule has 5 heteroatoms. The van der Waals surface area contributed by atoms with Gasteiger partial charge in [0.25, 0.3) is 0 Å². The number of benzene rings is 1. The van der Waals surface area contributed by atoms with Crippen molar-refractivity contribution in [1.82, 2.24) is 9.55 Å². The maximum atomic E-state index is 11.8. The van der Waals surface area contributed by atoms with E-state index in [1.54, 1.807) is 0 Å². The zero-order valence-electron chi connectivity index (χ0n) is 10.5. The molecule has 0 saturated heterocycles. The van der Waals surface area contributed by atoms with E-state index >= 15 is 0 Å². The van der Waals surface area contributed by atoms with Crippen LogP contribution in [0.4, 0.5) is 0 Å². The molecule has 0 fully saturated rings. The van der Waals surface area contributed by atoms with Crippen LogP contribution in [0, 0.1) is 13.8 Å². The van der Waals surface area contributed by atoms with Gasteiger partial charge in [-0.3, -0.25) is 9.59 Å². The fourth-order valence-corrected chi connectivity index (χ4v) is 1.98. The summed E-state index contributed by atoms with van der Waals surface area (Å²) in [6, 6.07) is 3.75. The van der Waals surface area contributed by atoms with E-state index in [2.05, 4.69) is 4.98 Å². The fraction of sp³-hybridized carbons (Fsp3) is 0.385. The first-order chi connectivity index (χ1) is 8.54. The topological polar surface area (TPSA) is 75.1 Å². The predicted octanol–water partition coefficient (Wildman–Crippen LogP) is 0.689. The second-order valence-electron chi connectivity index (χ2n) is 4.44. The molecule has 2 N–H and O–H groups in total. The molecule has 5 nitrogen and oxygen atoms in total. The fourth-order valence-electron chi connectivity index (χ4n) is 1.98. The molecule has 2 aromatic rings. The lowest BCUT2D eigenvalue weighted by Crippen LogP contribution is -2.36. The molecule has 0 bridgehead atoms. The third kappa shape index (κ3) is 2.09. The number of aliphatic hydroxyl groups is 1. The van der Waals surface area contributed by atoms with E-state index in [1.807, 2.05) is 26.0 Å². The standard InChI is InChI=1S/C13H16N2O3/c1-8-6-10-11(7-9(8)2)15(4-3-5-16)13(18)12(17)14-10/h6-7,16H,3-5H2,1-2H3,(H,14,17). The van der Waals surface area contributed by atoms with Crippen molar-refractivity contribution in [2.75, 3.05) is 6.61 Å². The number of aliphatic hydroxyl groups excluding tert-OH is 1. The molecule has 1 aromatic heterocycles. The maximum absolute atomic E-state index is 11.8. The van der Waals surface area contributed by atoms with Crippen LogP contribution in [0.2, 0.25) is 0 Å². The Morgan fingerprint density at radius 3 is 2.56 bits per heavy atom. The molecule has 96 valence electrons. The number of H-pyrrole nitrogens is 1. The van der Waals surface area contributed by atoms with Crippen molar-refractivity contribution in [2.24, 2.45) is 0 Å². The van der Waals surface area contributed by atoms with Gasteiger partial charge in [-0.05, 0) is 43.5 Å². The van der Waals surface area contributed by atoms with Crippen molar-refractivity contribution in [2.45, 2.75) is 26.8 Å². The first-order valence-electron chi connectivity index (χ1n) is 5.89. The smallest absolute Gasteiger partial charge is 0.316 e. The molecule has 0 amide bonds. The predicted molar refractivity (Wildman–Crippen MR) is 70.0 cm³/mol. The van der Waals surface area contributed by atoms with E-state index in [0.29, 0.717) is 24.0 Å². The van der Waals surface area contributed by atoms with Gasteiger partial charge in [0.2, 0.25) is 0 Å². The van der Waals surface area contributed by atoms with E-state index < -0.39 is 11.1 Å². The molecule has 0 radical (unpaired) electrons. The lowest BCUT2D eigenvalue weighted by molar-refractivity contribution is 0.280. The van der Waals surface area contributed by atoms with Crippen molar-refractivity contribution in [3.05, 3.63) is 44.0 Å². The van der Waals surface area contributed by atoms with Gasteiger partial charge >= 0.3 is 11.1 Å². The van der Waals surface area contributed by atoms with Crippen molar-refractivity contribution in [3.8, 4) is 0 Å². The molecule has 0 spiro atoms. The maximum Gasteiger partial charge on any atom is 0.316 e. The lowest BCUT2D eigenvalue weighted by atomic mass is 10.1. The van der Waals surface area contributed by atoms with Crippen LogP contribution in [-0.2, 0) is 6.54 Å². The number of rotatable bonds is 3. The molecule has 0 aliphatic carbocycles. The zero-order valence-corrected chi connectivity index (χ0v) is 10.5. The van der Waals surface area contributed by atoms with Gasteiger partial charge in [-0.15, -0.1) is 0 Å². The van der Waals surface area contributed by atoms with Crippen molar-refractivity contribution in [1.29, 1.82) is 0 Å². The van der Waals surface area contributed by atoms with Crippen molar-refractivity contribution >= 4 is 11.0 Å². The Morgan fingerprint density at radius 2 is 1.89 bits per heavy atom. The van der Waals surface area contributed by atoms with Gasteiger partial charge < -0.3 is 14.7 Å². The summed E-state index contributed by atoms with van der Waals surface area (Å²) in [5.41, 5.74) is 2.29. The number of nitrogens with zero attached hydrogens (tertiary/aromatic N) is 1. The highest BCUT2D eigenvalue weighted by Gasteiger charge is 2.08. The highest BCUT2D eigenvalue weighted by Crippen LogP contribution is 2.15. The summed E-state index contributed by atoms with van der Waals surface area (Å²) in [6.45, 7) is 4.25. The molecular formula is C13H16N2O3. The summed E-state index contributed by atoms with van der Waals surface area (Å²) >= 11 is 0. The Bertz CT molecular complexity index is 698. The van der Waals surface area contributed by atoms with Gasteiger partial charge in [0.15, 0.2) is 0 Å². The molecule has 0 unspecified atom stereocenters. The monoisotopic (exact) mass is 248 g/mol. The summed E-state index contributed by atoms with van der Waals surface area (Å²) in [7, 11) is 0. The van der Waals surface area contributed by atoms with Gasteiger partial charge in [0.1, 0.15) is 0 Å². The molecule has 2 rings (SSSR count). The molecule has 0 atom stereocenters. The summed E-state index contributed by atoms with van der Waals surface area (Å²) in [4.78, 5) is 26.0. The van der Waals surface area contributed by atoms with Crippen LogP contribution in [-0.4, -0.2) is 21.3 Å². The SMILES string of the molecule is Cc1cc2[nH]c(=O)c(=O)n(CCCO)c2cc1C. The first-order valence-corrected chi connectivity index (χ1v) is 5.89. The minimum Gasteiger partial charge on any atom is -0.396 e. The van der Waals surface area contributed by atoms with Gasteiger partial charge in [0, 0.05) is 13.2 Å². The van der Waals surface area contributed by atoms with Gasteiger partial charge in [-0.2, -0.15) is 0 Å². The van der Waals surface area contributed by atoms with E-state index in [1.165, 1.54) is 4.57 Å². The van der Waals surface area contributed by atoms with Crippen LogP contribution in [0.5, 0.6) is 0 Å². The Hall–Kier alpha value is -1.88. The molecule has 1 aromatic carbocycles. The first kappa shape index (κ1) is 12.6. The number of aromatic amines is 1. The number of aromatic nitrogens is 2. The Balaban J connectivity index is 2.79. The number of hydrogen-bond donors (Lipinski definition) is 2. The Morgan fingerprint density at radius 1 is 1.22 bits per heavy atom. The van der Waals surface area contributed by atoms with Crippen molar-refractivity contribution in [3.63, 3.8) is 0 Å². The molecule has 0 aliphatic rings. The highest BCUT2D eigenvalue weighted by atomic mass is 16.3. The summed E-state index contributed by atoms with van der Waals surface area (Å²) < 4.78 is 1.43. The number of fused-ring (bicyclic) bond motifs is 1. The van der Waals surface area contributed by atoms with E-state index in [0.717, 1.165) is 11.1 Å². The second-order valence-corrected chi connectivity index (χ2v) is 4.44. The van der Waals surface area contributed by atoms with Gasteiger partial charge in [-0.1, -0.05) is 0 Å². The lowest BCUT2D eigenvalue weighted by Gasteiger charge is -2.10. The van der Waals surface area contributed by atoms with Crippen LogP contribution in [0.1, 0.15) is 17.5 Å². The average molecular weight is 248 g/mol. The normalized spacial score (nSPS) is 11.1. The van der Waals surface area contributed by atoms with Crippen LogP contribution in [0.15, 0.2) is 21.7 Å². The van der Waals surface area contributed by atoms with Crippen LogP contribution < -0.4 is 11.1 Å². The number of aryl methyl sites for hydroxylation is 3. The minimum absolute atomic E-state index is 0.00836. The third-order valence-electron chi connectivity index (χ3n) is 3.13. The third-order valence-corrected chi connectivity index (χ3v) is 3.13. The number of hydrogen-bond acceptors (Lipinski definition) is 3. The van der Waals surface area contributed by atoms with E-state index in [4.69, 9.17) is 5.11 Å². The van der Waals surface area contributed by atoms with Crippen LogP contribution in [0.3, 0.4) is 0 Å². The number of nitrogens with one attached hydrogen (secondary N) is 1. The zero-order chi connectivity index (χ0) is 13.3. The molecule has 0 aliphatic heterocycles. The second kappa shape index (κ2) is 4.78.